The number of nitrogens with one attached hydrogen (secondary N) is 1. The Labute approximate surface area is 78.8 Å². The summed E-state index contributed by atoms with van der Waals surface area (Å²) in [4.78, 5) is 3.44. The summed E-state index contributed by atoms with van der Waals surface area (Å²) < 4.78 is 0. The second kappa shape index (κ2) is 3.25. The number of fused-ring (bicyclic) bond motifs is 1. The highest BCUT2D eigenvalue weighted by atomic mass is 14.7. The highest BCUT2D eigenvalue weighted by Gasteiger charge is 1.98. The Kier molecular flexibility index (Phi) is 2.09. The molecule has 1 heteroatoms. The molecule has 1 aromatic heterocycles. The molecule has 1 N–H and O–H groups in total. The first-order valence-corrected chi connectivity index (χ1v) is 4.88. The number of aromatic amines is 1. The van der Waals surface area contributed by atoms with Crippen molar-refractivity contribution in [2.75, 3.05) is 0 Å². The third kappa shape index (κ3) is 1.59. The smallest absolute Gasteiger partial charge is 0.0458 e. The van der Waals surface area contributed by atoms with Crippen LogP contribution in [0.25, 0.3) is 10.9 Å². The van der Waals surface area contributed by atoms with Crippen molar-refractivity contribution in [1.82, 2.24) is 4.98 Å². The number of benzene rings is 1. The lowest BCUT2D eigenvalue weighted by Crippen LogP contribution is -1.80. The molecule has 0 fully saturated rings. The third-order valence-corrected chi connectivity index (χ3v) is 2.35. The molecule has 1 nitrogen and oxygen atoms in total. The lowest BCUT2D eigenvalue weighted by Gasteiger charge is -1.91. The van der Waals surface area contributed by atoms with E-state index in [4.69, 9.17) is 0 Å². The predicted molar refractivity (Wildman–Crippen MR) is 57.0 cm³/mol. The molecule has 68 valence electrons. The van der Waals surface area contributed by atoms with Gasteiger partial charge in [0.05, 0.1) is 0 Å². The third-order valence-electron chi connectivity index (χ3n) is 2.35. The first-order chi connectivity index (χ1) is 6.29. The molecule has 0 spiro atoms. The lowest BCUT2D eigenvalue weighted by atomic mass is 10.2. The summed E-state index contributed by atoms with van der Waals surface area (Å²) in [5.74, 6) is 0. The van der Waals surface area contributed by atoms with Crippen LogP contribution in [0.5, 0.6) is 0 Å². The molecule has 0 saturated heterocycles. The van der Waals surface area contributed by atoms with E-state index in [1.165, 1.54) is 28.6 Å². The maximum absolute atomic E-state index is 3.44. The molecule has 0 aliphatic heterocycles. The number of hydrogen-bond donors (Lipinski definition) is 1. The number of H-pyrrole nitrogens is 1. The van der Waals surface area contributed by atoms with Crippen LogP contribution in [0.15, 0.2) is 24.3 Å². The van der Waals surface area contributed by atoms with E-state index in [9.17, 15) is 0 Å². The zero-order valence-electron chi connectivity index (χ0n) is 8.22. The van der Waals surface area contributed by atoms with Crippen LogP contribution in [0.1, 0.15) is 24.6 Å². The van der Waals surface area contributed by atoms with Gasteiger partial charge >= 0.3 is 0 Å². The minimum atomic E-state index is 1.15. The average Bonchev–Trinajstić information content (AvgIpc) is 2.46. The van der Waals surface area contributed by atoms with Gasteiger partial charge in [-0.3, -0.25) is 0 Å². The predicted octanol–water partition coefficient (Wildman–Crippen LogP) is 3.43. The van der Waals surface area contributed by atoms with Crippen LogP contribution in [-0.4, -0.2) is 4.98 Å². The average molecular weight is 173 g/mol. The normalized spacial score (nSPS) is 10.9. The fourth-order valence-electron chi connectivity index (χ4n) is 1.71. The number of aromatic nitrogens is 1. The zero-order valence-corrected chi connectivity index (χ0v) is 8.22. The maximum Gasteiger partial charge on any atom is 0.0458 e. The number of hydrogen-bond acceptors (Lipinski definition) is 0. The van der Waals surface area contributed by atoms with Gasteiger partial charge in [-0.25, -0.2) is 0 Å². The van der Waals surface area contributed by atoms with Crippen LogP contribution >= 0.6 is 0 Å². The van der Waals surface area contributed by atoms with Crippen molar-refractivity contribution in [2.24, 2.45) is 0 Å². The van der Waals surface area contributed by atoms with E-state index in [2.05, 4.69) is 43.1 Å². The summed E-state index contributed by atoms with van der Waals surface area (Å²) >= 11 is 0. The Hall–Kier alpha value is -1.24. The second-order valence-corrected chi connectivity index (χ2v) is 3.64. The van der Waals surface area contributed by atoms with Crippen molar-refractivity contribution < 1.29 is 0 Å². The molecule has 0 unspecified atom stereocenters. The van der Waals surface area contributed by atoms with Crippen molar-refractivity contribution >= 4 is 10.9 Å². The lowest BCUT2D eigenvalue weighted by molar-refractivity contribution is 0.896. The highest BCUT2D eigenvalue weighted by molar-refractivity contribution is 5.81. The first-order valence-electron chi connectivity index (χ1n) is 4.88. The molecule has 0 atom stereocenters. The summed E-state index contributed by atoms with van der Waals surface area (Å²) in [5.41, 5.74) is 3.93. The van der Waals surface area contributed by atoms with E-state index in [0.29, 0.717) is 0 Å². The van der Waals surface area contributed by atoms with E-state index in [1.54, 1.807) is 0 Å². The van der Waals surface area contributed by atoms with Gasteiger partial charge in [-0.1, -0.05) is 25.5 Å². The van der Waals surface area contributed by atoms with Crippen LogP contribution in [0.4, 0.5) is 0 Å². The minimum absolute atomic E-state index is 1.15. The molecular weight excluding hydrogens is 158 g/mol. The van der Waals surface area contributed by atoms with E-state index in [0.717, 1.165) is 6.42 Å². The minimum Gasteiger partial charge on any atom is -0.358 e. The molecule has 0 amide bonds. The van der Waals surface area contributed by atoms with Crippen LogP contribution in [0, 0.1) is 6.92 Å². The fourth-order valence-corrected chi connectivity index (χ4v) is 1.71. The molecule has 0 saturated carbocycles. The molecular formula is C12H15N. The summed E-state index contributed by atoms with van der Waals surface area (Å²) in [6.07, 6.45) is 2.35. The Morgan fingerprint density at radius 3 is 2.85 bits per heavy atom. The van der Waals surface area contributed by atoms with Gasteiger partial charge in [0.25, 0.3) is 0 Å². The molecule has 1 heterocycles. The Morgan fingerprint density at radius 1 is 1.23 bits per heavy atom. The first kappa shape index (κ1) is 8.36. The summed E-state index contributed by atoms with van der Waals surface area (Å²) in [6, 6.07) is 8.79. The van der Waals surface area contributed by atoms with Gasteiger partial charge < -0.3 is 4.98 Å². The summed E-state index contributed by atoms with van der Waals surface area (Å²) in [7, 11) is 0. The van der Waals surface area contributed by atoms with Crippen molar-refractivity contribution in [3.8, 4) is 0 Å². The number of rotatable bonds is 2. The van der Waals surface area contributed by atoms with E-state index >= 15 is 0 Å². The monoisotopic (exact) mass is 173 g/mol. The van der Waals surface area contributed by atoms with Gasteiger partial charge in [0, 0.05) is 11.2 Å². The van der Waals surface area contributed by atoms with Crippen LogP contribution < -0.4 is 0 Å². The van der Waals surface area contributed by atoms with Crippen LogP contribution in [0.2, 0.25) is 0 Å². The van der Waals surface area contributed by atoms with Crippen LogP contribution in [0.3, 0.4) is 0 Å². The molecule has 0 aliphatic rings. The zero-order chi connectivity index (χ0) is 9.26. The largest absolute Gasteiger partial charge is 0.358 e. The van der Waals surface area contributed by atoms with Gasteiger partial charge in [-0.15, -0.1) is 0 Å². The topological polar surface area (TPSA) is 15.8 Å². The van der Waals surface area contributed by atoms with Crippen molar-refractivity contribution in [3.63, 3.8) is 0 Å². The summed E-state index contributed by atoms with van der Waals surface area (Å²) in [5, 5.41) is 1.33. The van der Waals surface area contributed by atoms with Gasteiger partial charge in [0.15, 0.2) is 0 Å². The molecule has 13 heavy (non-hydrogen) atoms. The Balaban J connectivity index is 2.49. The Bertz CT molecular complexity index is 412. The SMILES string of the molecule is CCCc1cc2ccc(C)cc2[nH]1. The van der Waals surface area contributed by atoms with Crippen LogP contribution in [-0.2, 0) is 6.42 Å². The molecule has 2 aromatic rings. The maximum atomic E-state index is 3.44. The van der Waals surface area contributed by atoms with Gasteiger partial charge in [0.2, 0.25) is 0 Å². The number of aryl methyl sites for hydroxylation is 2. The second-order valence-electron chi connectivity index (χ2n) is 3.64. The van der Waals surface area contributed by atoms with Crippen molar-refractivity contribution in [2.45, 2.75) is 26.7 Å². The molecule has 0 radical (unpaired) electrons. The highest BCUT2D eigenvalue weighted by Crippen LogP contribution is 2.17. The summed E-state index contributed by atoms with van der Waals surface area (Å²) in [6.45, 7) is 4.33. The van der Waals surface area contributed by atoms with Crippen molar-refractivity contribution in [1.29, 1.82) is 0 Å². The fraction of sp³-hybridized carbons (Fsp3) is 0.333. The van der Waals surface area contributed by atoms with Gasteiger partial charge in [0.1, 0.15) is 0 Å². The standard InChI is InChI=1S/C12H15N/c1-3-4-11-8-10-6-5-9(2)7-12(10)13-11/h5-8,13H,3-4H2,1-2H3. The van der Waals surface area contributed by atoms with Gasteiger partial charge in [-0.05, 0) is 36.4 Å². The van der Waals surface area contributed by atoms with E-state index < -0.39 is 0 Å². The molecule has 0 bridgehead atoms. The van der Waals surface area contributed by atoms with E-state index in [-0.39, 0.29) is 0 Å². The van der Waals surface area contributed by atoms with Crippen molar-refractivity contribution in [3.05, 3.63) is 35.5 Å². The molecule has 1 aromatic carbocycles. The molecule has 2 rings (SSSR count). The Morgan fingerprint density at radius 2 is 2.08 bits per heavy atom. The quantitative estimate of drug-likeness (QED) is 0.716. The van der Waals surface area contributed by atoms with Gasteiger partial charge in [-0.2, -0.15) is 0 Å². The molecule has 0 aliphatic carbocycles. The van der Waals surface area contributed by atoms with E-state index in [1.807, 2.05) is 0 Å².